The van der Waals surface area contributed by atoms with Crippen LogP contribution in [0, 0.1) is 12.8 Å². The van der Waals surface area contributed by atoms with Gasteiger partial charge < -0.3 is 9.64 Å². The highest BCUT2D eigenvalue weighted by Gasteiger charge is 2.36. The summed E-state index contributed by atoms with van der Waals surface area (Å²) in [6.07, 6.45) is 6.81. The summed E-state index contributed by atoms with van der Waals surface area (Å²) in [5.74, 6) is -0.427. The molecule has 0 spiro atoms. The van der Waals surface area contributed by atoms with Crippen LogP contribution in [0.4, 0.5) is 0 Å². The lowest BCUT2D eigenvalue weighted by molar-refractivity contribution is -0.140. The Morgan fingerprint density at radius 3 is 2.35 bits per heavy atom. The molecule has 1 saturated carbocycles. The van der Waals surface area contributed by atoms with E-state index in [1.54, 1.807) is 36.4 Å². The van der Waals surface area contributed by atoms with Crippen molar-refractivity contribution in [3.63, 3.8) is 0 Å². The number of amides is 1. The van der Waals surface area contributed by atoms with Gasteiger partial charge in [0.05, 0.1) is 5.56 Å². The van der Waals surface area contributed by atoms with Gasteiger partial charge in [0.2, 0.25) is 0 Å². The number of likely N-dealkylation sites (tertiary alicyclic amines) is 1. The van der Waals surface area contributed by atoms with E-state index in [0.717, 1.165) is 31.4 Å². The zero-order valence-electron chi connectivity index (χ0n) is 18.0. The van der Waals surface area contributed by atoms with E-state index >= 15 is 0 Å². The number of fused-ring (bicyclic) bond motifs is 1. The molecule has 1 saturated heterocycles. The smallest absolute Gasteiger partial charge is 0.339 e. The van der Waals surface area contributed by atoms with Crippen LogP contribution in [0.15, 0.2) is 48.5 Å². The molecule has 1 heterocycles. The summed E-state index contributed by atoms with van der Waals surface area (Å²) in [4.78, 5) is 40.5. The van der Waals surface area contributed by atoms with Crippen LogP contribution in [-0.2, 0) is 9.53 Å². The van der Waals surface area contributed by atoms with Gasteiger partial charge in [-0.2, -0.15) is 0 Å². The van der Waals surface area contributed by atoms with Crippen molar-refractivity contribution in [3.05, 3.63) is 70.8 Å². The highest BCUT2D eigenvalue weighted by molar-refractivity contribution is 6.14. The van der Waals surface area contributed by atoms with E-state index in [4.69, 9.17) is 4.74 Å². The SMILES string of the molecule is Cc1ccc(C(=O)c2ccccc2C(=O)OCC(=O)N2CCC[C@H]3CCCC[C@@H]32)cc1. The van der Waals surface area contributed by atoms with E-state index in [2.05, 4.69) is 0 Å². The number of benzene rings is 2. The van der Waals surface area contributed by atoms with Crippen molar-refractivity contribution in [2.75, 3.05) is 13.2 Å². The van der Waals surface area contributed by atoms with Gasteiger partial charge in [0.25, 0.3) is 5.91 Å². The lowest BCUT2D eigenvalue weighted by Gasteiger charge is -2.44. The predicted molar refractivity (Wildman–Crippen MR) is 118 cm³/mol. The van der Waals surface area contributed by atoms with Gasteiger partial charge in [-0.3, -0.25) is 9.59 Å². The largest absolute Gasteiger partial charge is 0.452 e. The van der Waals surface area contributed by atoms with Crippen molar-refractivity contribution in [2.45, 2.75) is 51.5 Å². The van der Waals surface area contributed by atoms with Crippen molar-refractivity contribution in [3.8, 4) is 0 Å². The summed E-state index contributed by atoms with van der Waals surface area (Å²) < 4.78 is 5.39. The van der Waals surface area contributed by atoms with Crippen LogP contribution in [-0.4, -0.2) is 41.8 Å². The summed E-state index contributed by atoms with van der Waals surface area (Å²) in [6.45, 7) is 2.41. The number of carbonyl (C=O) groups excluding carboxylic acids is 3. The van der Waals surface area contributed by atoms with E-state index in [9.17, 15) is 14.4 Å². The minimum Gasteiger partial charge on any atom is -0.452 e. The molecule has 2 fully saturated rings. The second-order valence-corrected chi connectivity index (χ2v) is 8.66. The molecular weight excluding hydrogens is 390 g/mol. The number of ketones is 1. The van der Waals surface area contributed by atoms with Crippen molar-refractivity contribution < 1.29 is 19.1 Å². The van der Waals surface area contributed by atoms with Crippen LogP contribution in [0.1, 0.15) is 70.4 Å². The van der Waals surface area contributed by atoms with Gasteiger partial charge in [-0.25, -0.2) is 4.79 Å². The molecule has 5 heteroatoms. The van der Waals surface area contributed by atoms with Gasteiger partial charge in [-0.15, -0.1) is 0 Å². The van der Waals surface area contributed by atoms with Gasteiger partial charge in [0, 0.05) is 23.7 Å². The molecule has 0 aromatic heterocycles. The maximum absolute atomic E-state index is 12.9. The molecule has 4 rings (SSSR count). The number of nitrogens with zero attached hydrogens (tertiary/aromatic N) is 1. The molecule has 0 bridgehead atoms. The van der Waals surface area contributed by atoms with Crippen molar-refractivity contribution in [1.82, 2.24) is 4.90 Å². The van der Waals surface area contributed by atoms with Crippen molar-refractivity contribution in [2.24, 2.45) is 5.92 Å². The minimum absolute atomic E-state index is 0.132. The number of piperidine rings is 1. The summed E-state index contributed by atoms with van der Waals surface area (Å²) in [6, 6.07) is 14.1. The average Bonchev–Trinajstić information content (AvgIpc) is 2.82. The standard InChI is InChI=1S/C26H29NO4/c1-18-12-14-20(15-13-18)25(29)21-9-3-4-10-22(21)26(30)31-17-24(28)27-16-6-8-19-7-2-5-11-23(19)27/h3-4,9-10,12-15,19,23H,2,5-8,11,16-17H2,1H3/t19-,23+/m1/s1. The average molecular weight is 420 g/mol. The third-order valence-electron chi connectivity index (χ3n) is 6.60. The fourth-order valence-electron chi connectivity index (χ4n) is 4.94. The fraction of sp³-hybridized carbons (Fsp3) is 0.423. The number of hydrogen-bond donors (Lipinski definition) is 0. The van der Waals surface area contributed by atoms with E-state index < -0.39 is 5.97 Å². The highest BCUT2D eigenvalue weighted by Crippen LogP contribution is 2.35. The molecule has 1 aliphatic heterocycles. The molecule has 162 valence electrons. The van der Waals surface area contributed by atoms with Crippen molar-refractivity contribution >= 4 is 17.7 Å². The van der Waals surface area contributed by atoms with E-state index in [-0.39, 0.29) is 35.5 Å². The Morgan fingerprint density at radius 1 is 0.903 bits per heavy atom. The second kappa shape index (κ2) is 9.46. The molecule has 2 aromatic carbocycles. The number of ether oxygens (including phenoxy) is 1. The number of hydrogen-bond acceptors (Lipinski definition) is 4. The lowest BCUT2D eigenvalue weighted by Crippen LogP contribution is -2.50. The number of esters is 1. The zero-order valence-corrected chi connectivity index (χ0v) is 18.0. The van der Waals surface area contributed by atoms with E-state index in [1.807, 2.05) is 24.0 Å². The van der Waals surface area contributed by atoms with Crippen LogP contribution in [0.3, 0.4) is 0 Å². The first-order valence-corrected chi connectivity index (χ1v) is 11.2. The number of aryl methyl sites for hydroxylation is 1. The molecule has 1 amide bonds. The Morgan fingerprint density at radius 2 is 1.58 bits per heavy atom. The Hall–Kier alpha value is -2.95. The van der Waals surface area contributed by atoms with Crippen LogP contribution in [0.5, 0.6) is 0 Å². The third-order valence-corrected chi connectivity index (χ3v) is 6.60. The molecule has 2 atom stereocenters. The van der Waals surface area contributed by atoms with Crippen LogP contribution < -0.4 is 0 Å². The number of rotatable bonds is 5. The Bertz CT molecular complexity index is 964. The Balaban J connectivity index is 1.44. The van der Waals surface area contributed by atoms with Gasteiger partial charge >= 0.3 is 5.97 Å². The van der Waals surface area contributed by atoms with Gasteiger partial charge in [0.15, 0.2) is 12.4 Å². The predicted octanol–water partition coefficient (Wildman–Crippen LogP) is 4.56. The van der Waals surface area contributed by atoms with Gasteiger partial charge in [0.1, 0.15) is 0 Å². The summed E-state index contributed by atoms with van der Waals surface area (Å²) in [5, 5.41) is 0. The zero-order chi connectivity index (χ0) is 21.8. The Labute approximate surface area is 183 Å². The topological polar surface area (TPSA) is 63.7 Å². The quantitative estimate of drug-likeness (QED) is 0.526. The molecule has 0 unspecified atom stereocenters. The first kappa shape index (κ1) is 21.3. The van der Waals surface area contributed by atoms with Crippen LogP contribution in [0.25, 0.3) is 0 Å². The molecule has 2 aliphatic rings. The van der Waals surface area contributed by atoms with Gasteiger partial charge in [-0.1, -0.05) is 60.9 Å². The van der Waals surface area contributed by atoms with Crippen LogP contribution in [0.2, 0.25) is 0 Å². The second-order valence-electron chi connectivity index (χ2n) is 8.66. The van der Waals surface area contributed by atoms with Crippen molar-refractivity contribution in [1.29, 1.82) is 0 Å². The molecule has 5 nitrogen and oxygen atoms in total. The highest BCUT2D eigenvalue weighted by atomic mass is 16.5. The third kappa shape index (κ3) is 4.71. The molecule has 31 heavy (non-hydrogen) atoms. The lowest BCUT2D eigenvalue weighted by atomic mass is 9.78. The molecular formula is C26H29NO4. The molecule has 0 N–H and O–H groups in total. The first-order chi connectivity index (χ1) is 15.0. The molecule has 1 aliphatic carbocycles. The first-order valence-electron chi connectivity index (χ1n) is 11.2. The summed E-state index contributed by atoms with van der Waals surface area (Å²) >= 11 is 0. The maximum Gasteiger partial charge on any atom is 0.339 e. The Kier molecular flexibility index (Phi) is 6.50. The normalized spacial score (nSPS) is 20.6. The summed E-state index contributed by atoms with van der Waals surface area (Å²) in [7, 11) is 0. The van der Waals surface area contributed by atoms with E-state index in [1.165, 1.54) is 19.3 Å². The van der Waals surface area contributed by atoms with Gasteiger partial charge in [-0.05, 0) is 44.6 Å². The molecule has 2 aromatic rings. The number of carbonyl (C=O) groups is 3. The van der Waals surface area contributed by atoms with Crippen LogP contribution >= 0.6 is 0 Å². The van der Waals surface area contributed by atoms with E-state index in [0.29, 0.717) is 11.5 Å². The summed E-state index contributed by atoms with van der Waals surface area (Å²) in [5.41, 5.74) is 2.04. The minimum atomic E-state index is -0.637. The fourth-order valence-corrected chi connectivity index (χ4v) is 4.94. The monoisotopic (exact) mass is 419 g/mol. The molecule has 0 radical (unpaired) electrons. The maximum atomic E-state index is 12.9.